The Hall–Kier alpha value is -0.570. The summed E-state index contributed by atoms with van der Waals surface area (Å²) in [5.41, 5.74) is -0.438. The van der Waals surface area contributed by atoms with Gasteiger partial charge in [-0.05, 0) is 51.4 Å². The van der Waals surface area contributed by atoms with Crippen molar-refractivity contribution in [1.82, 2.24) is 0 Å². The number of rotatable bonds is 4. The van der Waals surface area contributed by atoms with Crippen LogP contribution in [0.3, 0.4) is 0 Å². The molecule has 0 spiro atoms. The Morgan fingerprint density at radius 2 is 1.84 bits per heavy atom. The van der Waals surface area contributed by atoms with Crippen LogP contribution in [-0.4, -0.2) is 24.3 Å². The van der Waals surface area contributed by atoms with Crippen molar-refractivity contribution in [3.8, 4) is 0 Å². The van der Waals surface area contributed by atoms with E-state index in [9.17, 15) is 4.79 Å². The van der Waals surface area contributed by atoms with E-state index in [-0.39, 0.29) is 18.7 Å². The normalized spacial score (nSPS) is 28.5. The highest BCUT2D eigenvalue weighted by molar-refractivity contribution is 5.71. The molecule has 0 heterocycles. The maximum absolute atomic E-state index is 11.7. The van der Waals surface area contributed by atoms with Crippen LogP contribution >= 0.6 is 0 Å². The fraction of sp³-hybridized carbons (Fsp3) is 0.875. The lowest BCUT2D eigenvalue weighted by Crippen LogP contribution is -2.36. The van der Waals surface area contributed by atoms with Gasteiger partial charge >= 0.3 is 5.97 Å². The molecular formula is C16H29O3. The number of hydrogen-bond acceptors (Lipinski definition) is 3. The molecule has 0 aromatic rings. The van der Waals surface area contributed by atoms with Crippen LogP contribution < -0.4 is 0 Å². The maximum Gasteiger partial charge on any atom is 0.332 e. The van der Waals surface area contributed by atoms with Crippen LogP contribution in [0.2, 0.25) is 0 Å². The number of hydrogen-bond donors (Lipinski definition) is 0. The van der Waals surface area contributed by atoms with E-state index in [1.54, 1.807) is 0 Å². The fourth-order valence-corrected chi connectivity index (χ4v) is 2.72. The zero-order valence-electron chi connectivity index (χ0n) is 13.3. The Morgan fingerprint density at radius 3 is 2.37 bits per heavy atom. The summed E-state index contributed by atoms with van der Waals surface area (Å²) in [7, 11) is 0. The lowest BCUT2D eigenvalue weighted by Gasteiger charge is -2.36. The third kappa shape index (κ3) is 5.94. The van der Waals surface area contributed by atoms with Crippen molar-refractivity contribution in [3.05, 3.63) is 5.92 Å². The molecule has 3 nitrogen and oxygen atoms in total. The van der Waals surface area contributed by atoms with Crippen molar-refractivity contribution in [2.45, 2.75) is 72.5 Å². The summed E-state index contributed by atoms with van der Waals surface area (Å²) in [6.07, 6.45) is 3.63. The summed E-state index contributed by atoms with van der Waals surface area (Å²) in [5, 5.41) is 0. The maximum atomic E-state index is 11.7. The highest BCUT2D eigenvalue weighted by Gasteiger charge is 2.32. The minimum absolute atomic E-state index is 0.0679. The molecule has 0 N–H and O–H groups in total. The molecule has 0 aliphatic heterocycles. The molecule has 0 aromatic heterocycles. The van der Waals surface area contributed by atoms with Gasteiger partial charge < -0.3 is 9.47 Å². The predicted molar refractivity (Wildman–Crippen MR) is 76.7 cm³/mol. The van der Waals surface area contributed by atoms with Crippen LogP contribution in [0.15, 0.2) is 0 Å². The SMILES string of the molecule is C[C](C)C1CCC(C)CC1OCC(=O)OC(C)(C)C. The molecule has 3 unspecified atom stereocenters. The first kappa shape index (κ1) is 16.5. The average molecular weight is 269 g/mol. The summed E-state index contributed by atoms with van der Waals surface area (Å²) in [4.78, 5) is 11.7. The minimum Gasteiger partial charge on any atom is -0.458 e. The summed E-state index contributed by atoms with van der Waals surface area (Å²) >= 11 is 0. The van der Waals surface area contributed by atoms with Gasteiger partial charge in [0.2, 0.25) is 0 Å². The molecule has 1 fully saturated rings. The van der Waals surface area contributed by atoms with Crippen molar-refractivity contribution in [2.75, 3.05) is 6.61 Å². The molecular weight excluding hydrogens is 240 g/mol. The second kappa shape index (κ2) is 6.74. The standard InChI is InChI=1S/C16H29O3/c1-11(2)13-8-7-12(3)9-14(13)18-10-15(17)19-16(4,5)6/h12-14H,7-10H2,1-6H3. The first-order valence-electron chi connectivity index (χ1n) is 7.32. The fourth-order valence-electron chi connectivity index (χ4n) is 2.72. The molecule has 111 valence electrons. The van der Waals surface area contributed by atoms with Crippen LogP contribution in [0.5, 0.6) is 0 Å². The van der Waals surface area contributed by atoms with E-state index in [0.29, 0.717) is 11.8 Å². The second-order valence-corrected chi connectivity index (χ2v) is 7.04. The third-order valence-corrected chi connectivity index (χ3v) is 3.63. The largest absolute Gasteiger partial charge is 0.458 e. The van der Waals surface area contributed by atoms with E-state index in [2.05, 4.69) is 20.8 Å². The molecule has 3 atom stereocenters. The van der Waals surface area contributed by atoms with Crippen LogP contribution in [0.4, 0.5) is 0 Å². The van der Waals surface area contributed by atoms with Crippen molar-refractivity contribution in [3.63, 3.8) is 0 Å². The molecule has 0 bridgehead atoms. The van der Waals surface area contributed by atoms with Gasteiger partial charge in [0.15, 0.2) is 0 Å². The van der Waals surface area contributed by atoms with E-state index in [1.807, 2.05) is 20.8 Å². The Morgan fingerprint density at radius 1 is 1.21 bits per heavy atom. The van der Waals surface area contributed by atoms with Gasteiger partial charge in [0.05, 0.1) is 6.10 Å². The molecule has 0 saturated heterocycles. The smallest absolute Gasteiger partial charge is 0.332 e. The first-order valence-corrected chi connectivity index (χ1v) is 7.32. The summed E-state index contributed by atoms with van der Waals surface area (Å²) in [6, 6.07) is 0. The predicted octanol–water partition coefficient (Wildman–Crippen LogP) is 3.76. The Bertz CT molecular complexity index is 291. The van der Waals surface area contributed by atoms with E-state index >= 15 is 0 Å². The minimum atomic E-state index is -0.438. The van der Waals surface area contributed by atoms with E-state index in [4.69, 9.17) is 9.47 Å². The summed E-state index contributed by atoms with van der Waals surface area (Å²) in [6.45, 7) is 12.3. The molecule has 1 rings (SSSR count). The highest BCUT2D eigenvalue weighted by Crippen LogP contribution is 2.36. The molecule has 1 aliphatic rings. The quantitative estimate of drug-likeness (QED) is 0.729. The number of carbonyl (C=O) groups is 1. The van der Waals surface area contributed by atoms with Crippen LogP contribution in [0, 0.1) is 17.8 Å². The van der Waals surface area contributed by atoms with Gasteiger partial charge in [-0.2, -0.15) is 0 Å². The number of esters is 1. The highest BCUT2D eigenvalue weighted by atomic mass is 16.6. The molecule has 0 aromatic carbocycles. The zero-order chi connectivity index (χ0) is 14.6. The Labute approximate surface area is 118 Å². The topological polar surface area (TPSA) is 35.5 Å². The van der Waals surface area contributed by atoms with Crippen molar-refractivity contribution in [1.29, 1.82) is 0 Å². The molecule has 1 aliphatic carbocycles. The molecule has 1 radical (unpaired) electrons. The lowest BCUT2D eigenvalue weighted by atomic mass is 9.75. The van der Waals surface area contributed by atoms with E-state index in [1.165, 1.54) is 18.8 Å². The molecule has 3 heteroatoms. The lowest BCUT2D eigenvalue weighted by molar-refractivity contribution is -0.164. The van der Waals surface area contributed by atoms with Crippen LogP contribution in [0.1, 0.15) is 60.8 Å². The van der Waals surface area contributed by atoms with Gasteiger partial charge in [0.1, 0.15) is 12.2 Å². The van der Waals surface area contributed by atoms with Crippen molar-refractivity contribution >= 4 is 5.97 Å². The van der Waals surface area contributed by atoms with Gasteiger partial charge in [-0.3, -0.25) is 0 Å². The van der Waals surface area contributed by atoms with Crippen LogP contribution in [-0.2, 0) is 14.3 Å². The van der Waals surface area contributed by atoms with Crippen molar-refractivity contribution in [2.24, 2.45) is 11.8 Å². The summed E-state index contributed by atoms with van der Waals surface area (Å²) in [5.74, 6) is 2.30. The van der Waals surface area contributed by atoms with Gasteiger partial charge in [0.25, 0.3) is 0 Å². The Balaban J connectivity index is 2.46. The number of carbonyl (C=O) groups excluding carboxylic acids is 1. The molecule has 1 saturated carbocycles. The van der Waals surface area contributed by atoms with E-state index < -0.39 is 5.60 Å². The third-order valence-electron chi connectivity index (χ3n) is 3.63. The van der Waals surface area contributed by atoms with E-state index in [0.717, 1.165) is 6.42 Å². The Kier molecular flexibility index (Phi) is 5.84. The van der Waals surface area contributed by atoms with Crippen LogP contribution in [0.25, 0.3) is 0 Å². The first-order chi connectivity index (χ1) is 8.69. The monoisotopic (exact) mass is 269 g/mol. The van der Waals surface area contributed by atoms with Gasteiger partial charge in [-0.15, -0.1) is 0 Å². The zero-order valence-corrected chi connectivity index (χ0v) is 13.3. The van der Waals surface area contributed by atoms with Gasteiger partial charge in [-0.25, -0.2) is 4.79 Å². The van der Waals surface area contributed by atoms with Gasteiger partial charge in [0, 0.05) is 0 Å². The number of ether oxygens (including phenoxy) is 2. The van der Waals surface area contributed by atoms with Crippen molar-refractivity contribution < 1.29 is 14.3 Å². The molecule has 19 heavy (non-hydrogen) atoms. The second-order valence-electron chi connectivity index (χ2n) is 7.04. The van der Waals surface area contributed by atoms with Gasteiger partial charge in [-0.1, -0.05) is 27.2 Å². The summed E-state index contributed by atoms with van der Waals surface area (Å²) < 4.78 is 11.1. The average Bonchev–Trinajstić information content (AvgIpc) is 2.23. The molecule has 0 amide bonds.